The normalized spacial score (nSPS) is 10.6. The predicted octanol–water partition coefficient (Wildman–Crippen LogP) is 1.69. The average molecular weight is 253 g/mol. The minimum absolute atomic E-state index is 0.0974. The van der Waals surface area contributed by atoms with Crippen molar-refractivity contribution in [3.8, 4) is 0 Å². The quantitative estimate of drug-likeness (QED) is 0.754. The summed E-state index contributed by atoms with van der Waals surface area (Å²) in [6, 6.07) is 9.27. The van der Waals surface area contributed by atoms with Crippen LogP contribution in [-0.2, 0) is 0 Å². The summed E-state index contributed by atoms with van der Waals surface area (Å²) in [6.07, 6.45) is 3.30. The Morgan fingerprint density at radius 2 is 2.21 bits per heavy atom. The fraction of sp³-hybridized carbons (Fsp3) is 0.0769. The molecule has 2 heterocycles. The van der Waals surface area contributed by atoms with Gasteiger partial charge in [-0.15, -0.1) is 5.10 Å². The number of hydrogen-bond acceptors (Lipinski definition) is 4. The lowest BCUT2D eigenvalue weighted by Crippen LogP contribution is -2.13. The van der Waals surface area contributed by atoms with Crippen LogP contribution < -0.4 is 5.32 Å². The molecule has 94 valence electrons. The molecule has 1 aromatic carbocycles. The highest BCUT2D eigenvalue weighted by atomic mass is 16.2. The van der Waals surface area contributed by atoms with Gasteiger partial charge in [0.15, 0.2) is 0 Å². The van der Waals surface area contributed by atoms with Gasteiger partial charge < -0.3 is 5.32 Å². The second kappa shape index (κ2) is 4.49. The minimum Gasteiger partial charge on any atom is -0.319 e. The highest BCUT2D eigenvalue weighted by Gasteiger charge is 2.13. The molecule has 0 unspecified atom stereocenters. The van der Waals surface area contributed by atoms with E-state index in [0.717, 1.165) is 11.3 Å². The molecule has 0 fully saturated rings. The lowest BCUT2D eigenvalue weighted by atomic mass is 10.2. The van der Waals surface area contributed by atoms with Crippen molar-refractivity contribution >= 4 is 17.4 Å². The molecule has 0 spiro atoms. The topological polar surface area (TPSA) is 72.2 Å². The Morgan fingerprint density at radius 1 is 1.32 bits per heavy atom. The molecule has 2 aromatic heterocycles. The molecule has 6 nitrogen and oxygen atoms in total. The Balaban J connectivity index is 1.87. The summed E-state index contributed by atoms with van der Waals surface area (Å²) in [6.45, 7) is 1.96. The lowest BCUT2D eigenvalue weighted by Gasteiger charge is -2.02. The predicted molar refractivity (Wildman–Crippen MR) is 69.9 cm³/mol. The van der Waals surface area contributed by atoms with E-state index in [1.54, 1.807) is 18.5 Å². The van der Waals surface area contributed by atoms with E-state index in [4.69, 9.17) is 0 Å². The van der Waals surface area contributed by atoms with Crippen molar-refractivity contribution in [1.82, 2.24) is 19.6 Å². The van der Waals surface area contributed by atoms with Gasteiger partial charge in [0.1, 0.15) is 0 Å². The van der Waals surface area contributed by atoms with Crippen LogP contribution >= 0.6 is 0 Å². The number of amides is 1. The van der Waals surface area contributed by atoms with Crippen molar-refractivity contribution in [2.45, 2.75) is 6.92 Å². The van der Waals surface area contributed by atoms with Gasteiger partial charge in [0, 0.05) is 18.1 Å². The van der Waals surface area contributed by atoms with E-state index in [9.17, 15) is 4.79 Å². The number of aryl methyl sites for hydroxylation is 1. The number of benzene rings is 1. The van der Waals surface area contributed by atoms with Crippen LogP contribution in [0.2, 0.25) is 0 Å². The number of fused-ring (bicyclic) bond motifs is 1. The molecule has 0 atom stereocenters. The van der Waals surface area contributed by atoms with Crippen LogP contribution in [-0.4, -0.2) is 25.5 Å². The molecule has 0 aliphatic heterocycles. The van der Waals surface area contributed by atoms with Gasteiger partial charge in [-0.2, -0.15) is 4.98 Å². The zero-order chi connectivity index (χ0) is 13.2. The summed E-state index contributed by atoms with van der Waals surface area (Å²) in [7, 11) is 0. The van der Waals surface area contributed by atoms with Crippen molar-refractivity contribution in [2.24, 2.45) is 0 Å². The highest BCUT2D eigenvalue weighted by molar-refractivity contribution is 6.01. The standard InChI is InChI=1S/C13H11N5O/c1-9-4-2-5-10(8-9)15-12(19)11-16-13-14-6-3-7-18(13)17-11/h2-8H,1H3,(H,15,19). The fourth-order valence-electron chi connectivity index (χ4n) is 1.74. The summed E-state index contributed by atoms with van der Waals surface area (Å²) in [5, 5.41) is 6.82. The van der Waals surface area contributed by atoms with E-state index in [-0.39, 0.29) is 11.7 Å². The van der Waals surface area contributed by atoms with Gasteiger partial charge in [-0.1, -0.05) is 12.1 Å². The number of nitrogens with zero attached hydrogens (tertiary/aromatic N) is 4. The first-order chi connectivity index (χ1) is 9.22. The monoisotopic (exact) mass is 253 g/mol. The van der Waals surface area contributed by atoms with Crippen molar-refractivity contribution in [3.63, 3.8) is 0 Å². The summed E-state index contributed by atoms with van der Waals surface area (Å²) < 4.78 is 1.46. The SMILES string of the molecule is Cc1cccc(NC(=O)c2nc3ncccn3n2)c1. The molecule has 0 radical (unpaired) electrons. The highest BCUT2D eigenvalue weighted by Crippen LogP contribution is 2.10. The third kappa shape index (κ3) is 2.28. The third-order valence-electron chi connectivity index (χ3n) is 2.60. The van der Waals surface area contributed by atoms with Gasteiger partial charge in [-0.3, -0.25) is 4.79 Å². The van der Waals surface area contributed by atoms with Crippen molar-refractivity contribution in [3.05, 3.63) is 54.1 Å². The molecule has 3 aromatic rings. The zero-order valence-electron chi connectivity index (χ0n) is 10.2. The smallest absolute Gasteiger partial charge is 0.295 e. The maximum atomic E-state index is 12.0. The molecule has 3 rings (SSSR count). The molecular weight excluding hydrogens is 242 g/mol. The summed E-state index contributed by atoms with van der Waals surface area (Å²) in [5.41, 5.74) is 1.79. The summed E-state index contributed by atoms with van der Waals surface area (Å²) in [5.74, 6) is 0.146. The molecule has 1 N–H and O–H groups in total. The number of aromatic nitrogens is 4. The number of carbonyl (C=O) groups is 1. The van der Waals surface area contributed by atoms with Gasteiger partial charge in [0.25, 0.3) is 11.7 Å². The average Bonchev–Trinajstić information content (AvgIpc) is 2.82. The molecule has 0 aliphatic carbocycles. The van der Waals surface area contributed by atoms with Crippen LogP contribution in [0.4, 0.5) is 5.69 Å². The van der Waals surface area contributed by atoms with E-state index < -0.39 is 0 Å². The van der Waals surface area contributed by atoms with E-state index in [2.05, 4.69) is 20.4 Å². The minimum atomic E-state index is -0.351. The summed E-state index contributed by atoms with van der Waals surface area (Å²) >= 11 is 0. The number of carbonyl (C=O) groups excluding carboxylic acids is 1. The third-order valence-corrected chi connectivity index (χ3v) is 2.60. The second-order valence-corrected chi connectivity index (χ2v) is 4.12. The van der Waals surface area contributed by atoms with E-state index in [0.29, 0.717) is 5.78 Å². The van der Waals surface area contributed by atoms with Crippen molar-refractivity contribution < 1.29 is 4.79 Å². The molecule has 19 heavy (non-hydrogen) atoms. The van der Waals surface area contributed by atoms with Gasteiger partial charge in [-0.05, 0) is 30.7 Å². The lowest BCUT2D eigenvalue weighted by molar-refractivity contribution is 0.101. The first kappa shape index (κ1) is 11.3. The molecule has 0 saturated heterocycles. The number of rotatable bonds is 2. The van der Waals surface area contributed by atoms with Gasteiger partial charge >= 0.3 is 0 Å². The molecule has 0 aliphatic rings. The van der Waals surface area contributed by atoms with Gasteiger partial charge in [0.05, 0.1) is 0 Å². The van der Waals surface area contributed by atoms with Gasteiger partial charge in [0.2, 0.25) is 5.82 Å². The van der Waals surface area contributed by atoms with Crippen LogP contribution in [0.25, 0.3) is 5.78 Å². The Kier molecular flexibility index (Phi) is 2.68. The molecular formula is C13H11N5O. The zero-order valence-corrected chi connectivity index (χ0v) is 10.2. The van der Waals surface area contributed by atoms with Crippen LogP contribution in [0.5, 0.6) is 0 Å². The maximum Gasteiger partial charge on any atom is 0.295 e. The number of hydrogen-bond donors (Lipinski definition) is 1. The molecule has 0 saturated carbocycles. The van der Waals surface area contributed by atoms with Crippen LogP contribution in [0.15, 0.2) is 42.7 Å². The fourth-order valence-corrected chi connectivity index (χ4v) is 1.74. The first-order valence-corrected chi connectivity index (χ1v) is 5.78. The maximum absolute atomic E-state index is 12.0. The molecule has 1 amide bonds. The van der Waals surface area contributed by atoms with E-state index in [1.807, 2.05) is 31.2 Å². The first-order valence-electron chi connectivity index (χ1n) is 5.78. The Hall–Kier alpha value is -2.76. The Bertz CT molecular complexity index is 716. The Morgan fingerprint density at radius 3 is 3.00 bits per heavy atom. The summed E-state index contributed by atoms with van der Waals surface area (Å²) in [4.78, 5) is 20.1. The second-order valence-electron chi connectivity index (χ2n) is 4.12. The van der Waals surface area contributed by atoms with E-state index >= 15 is 0 Å². The molecule has 6 heteroatoms. The number of anilines is 1. The molecule has 0 bridgehead atoms. The van der Waals surface area contributed by atoms with Crippen molar-refractivity contribution in [2.75, 3.05) is 5.32 Å². The van der Waals surface area contributed by atoms with Crippen LogP contribution in [0.3, 0.4) is 0 Å². The van der Waals surface area contributed by atoms with Crippen LogP contribution in [0.1, 0.15) is 16.2 Å². The number of nitrogens with one attached hydrogen (secondary N) is 1. The van der Waals surface area contributed by atoms with Crippen LogP contribution in [0, 0.1) is 6.92 Å². The van der Waals surface area contributed by atoms with E-state index in [1.165, 1.54) is 4.52 Å². The van der Waals surface area contributed by atoms with Gasteiger partial charge in [-0.25, -0.2) is 9.50 Å². The largest absolute Gasteiger partial charge is 0.319 e. The Labute approximate surface area is 109 Å². The van der Waals surface area contributed by atoms with Crippen molar-refractivity contribution in [1.29, 1.82) is 0 Å².